The maximum absolute atomic E-state index is 10.8. The van der Waals surface area contributed by atoms with E-state index in [-0.39, 0.29) is 12.5 Å². The minimum Gasteiger partial charge on any atom is -0.396 e. The molecule has 0 aliphatic heterocycles. The zero-order valence-corrected chi connectivity index (χ0v) is 14.1. The standard InChI is InChI=1S/C19H25N3O2/c1-15(24)20-11-12-21-19-9-8-18(22-14-19)7-6-16-2-4-17(5-3-16)10-13-23/h2-5,8-9,14,21,23H,6-7,10-13H2,1H3,(H,20,24). The Balaban J connectivity index is 1.75. The molecule has 5 nitrogen and oxygen atoms in total. The van der Waals surface area contributed by atoms with Crippen LogP contribution in [0, 0.1) is 0 Å². The number of aromatic nitrogens is 1. The number of amides is 1. The Hall–Kier alpha value is -2.40. The smallest absolute Gasteiger partial charge is 0.216 e. The highest BCUT2D eigenvalue weighted by molar-refractivity contribution is 5.72. The Bertz CT molecular complexity index is 624. The van der Waals surface area contributed by atoms with Gasteiger partial charge in [-0.05, 0) is 42.5 Å². The molecule has 0 aliphatic carbocycles. The SMILES string of the molecule is CC(=O)NCCNc1ccc(CCc2ccc(CCO)cc2)nc1. The van der Waals surface area contributed by atoms with Crippen LogP contribution >= 0.6 is 0 Å². The Labute approximate surface area is 143 Å². The number of hydrogen-bond donors (Lipinski definition) is 3. The van der Waals surface area contributed by atoms with E-state index in [4.69, 9.17) is 5.11 Å². The number of nitrogens with zero attached hydrogens (tertiary/aromatic N) is 1. The van der Waals surface area contributed by atoms with Crippen molar-refractivity contribution in [3.05, 3.63) is 59.4 Å². The summed E-state index contributed by atoms with van der Waals surface area (Å²) in [6.07, 6.45) is 4.37. The Morgan fingerprint density at radius 3 is 2.29 bits per heavy atom. The van der Waals surface area contributed by atoms with Gasteiger partial charge in [0.1, 0.15) is 0 Å². The fourth-order valence-corrected chi connectivity index (χ4v) is 2.40. The number of aryl methyl sites for hydroxylation is 2. The van der Waals surface area contributed by atoms with E-state index in [0.717, 1.165) is 29.8 Å². The lowest BCUT2D eigenvalue weighted by molar-refractivity contribution is -0.118. The molecule has 3 N–H and O–H groups in total. The summed E-state index contributed by atoms with van der Waals surface area (Å²) in [5.74, 6) is -0.0188. The Morgan fingerprint density at radius 2 is 1.71 bits per heavy atom. The minimum atomic E-state index is -0.0188. The maximum Gasteiger partial charge on any atom is 0.216 e. The van der Waals surface area contributed by atoms with Crippen molar-refractivity contribution in [3.8, 4) is 0 Å². The molecule has 0 saturated carbocycles. The van der Waals surface area contributed by atoms with E-state index in [1.54, 1.807) is 0 Å². The van der Waals surface area contributed by atoms with Crippen molar-refractivity contribution in [2.75, 3.05) is 25.0 Å². The van der Waals surface area contributed by atoms with Crippen molar-refractivity contribution < 1.29 is 9.90 Å². The van der Waals surface area contributed by atoms with E-state index < -0.39 is 0 Å². The predicted octanol–water partition coefficient (Wildman–Crippen LogP) is 1.95. The van der Waals surface area contributed by atoms with Crippen LogP contribution in [0.4, 0.5) is 5.69 Å². The van der Waals surface area contributed by atoms with Gasteiger partial charge in [-0.1, -0.05) is 24.3 Å². The summed E-state index contributed by atoms with van der Waals surface area (Å²) in [5.41, 5.74) is 4.45. The molecule has 24 heavy (non-hydrogen) atoms. The summed E-state index contributed by atoms with van der Waals surface area (Å²) in [7, 11) is 0. The quantitative estimate of drug-likeness (QED) is 0.616. The molecule has 1 amide bonds. The number of hydrogen-bond acceptors (Lipinski definition) is 4. The number of anilines is 1. The highest BCUT2D eigenvalue weighted by Gasteiger charge is 1.99. The van der Waals surface area contributed by atoms with Gasteiger partial charge in [0.05, 0.1) is 11.9 Å². The van der Waals surface area contributed by atoms with Gasteiger partial charge < -0.3 is 15.7 Å². The van der Waals surface area contributed by atoms with E-state index in [2.05, 4.69) is 39.9 Å². The molecule has 5 heteroatoms. The largest absolute Gasteiger partial charge is 0.396 e. The average Bonchev–Trinajstić information content (AvgIpc) is 2.59. The third-order valence-corrected chi connectivity index (χ3v) is 3.75. The monoisotopic (exact) mass is 327 g/mol. The summed E-state index contributed by atoms with van der Waals surface area (Å²) in [6.45, 7) is 2.98. The van der Waals surface area contributed by atoms with E-state index >= 15 is 0 Å². The lowest BCUT2D eigenvalue weighted by Gasteiger charge is -2.08. The number of nitrogens with one attached hydrogen (secondary N) is 2. The van der Waals surface area contributed by atoms with Crippen molar-refractivity contribution in [3.63, 3.8) is 0 Å². The number of carbonyl (C=O) groups is 1. The summed E-state index contributed by atoms with van der Waals surface area (Å²) in [6, 6.07) is 12.4. The van der Waals surface area contributed by atoms with Gasteiger partial charge in [0, 0.05) is 32.3 Å². The van der Waals surface area contributed by atoms with Crippen LogP contribution in [-0.2, 0) is 24.1 Å². The number of carbonyl (C=O) groups excluding carboxylic acids is 1. The van der Waals surface area contributed by atoms with Crippen LogP contribution in [-0.4, -0.2) is 35.7 Å². The number of aliphatic hydroxyl groups is 1. The lowest BCUT2D eigenvalue weighted by Crippen LogP contribution is -2.26. The third-order valence-electron chi connectivity index (χ3n) is 3.75. The van der Waals surface area contributed by atoms with Crippen molar-refractivity contribution >= 4 is 11.6 Å². The number of benzene rings is 1. The molecular formula is C19H25N3O2. The van der Waals surface area contributed by atoms with Gasteiger partial charge in [-0.15, -0.1) is 0 Å². The zero-order valence-electron chi connectivity index (χ0n) is 14.1. The Kier molecular flexibility index (Phi) is 7.23. The fraction of sp³-hybridized carbons (Fsp3) is 0.368. The molecule has 1 aromatic heterocycles. The van der Waals surface area contributed by atoms with E-state index in [1.807, 2.05) is 18.3 Å². The highest BCUT2D eigenvalue weighted by atomic mass is 16.2. The third kappa shape index (κ3) is 6.38. The summed E-state index contributed by atoms with van der Waals surface area (Å²) in [5, 5.41) is 14.9. The molecule has 0 aliphatic rings. The highest BCUT2D eigenvalue weighted by Crippen LogP contribution is 2.10. The lowest BCUT2D eigenvalue weighted by atomic mass is 10.0. The van der Waals surface area contributed by atoms with E-state index in [0.29, 0.717) is 19.5 Å². The van der Waals surface area contributed by atoms with Crippen molar-refractivity contribution in [2.45, 2.75) is 26.2 Å². The molecular weight excluding hydrogens is 302 g/mol. The molecule has 0 bridgehead atoms. The molecule has 0 fully saturated rings. The van der Waals surface area contributed by atoms with E-state index in [1.165, 1.54) is 12.5 Å². The number of pyridine rings is 1. The predicted molar refractivity (Wildman–Crippen MR) is 96.1 cm³/mol. The first kappa shape index (κ1) is 17.9. The number of aliphatic hydroxyl groups excluding tert-OH is 1. The molecule has 0 spiro atoms. The van der Waals surface area contributed by atoms with Gasteiger partial charge in [-0.25, -0.2) is 0 Å². The van der Waals surface area contributed by atoms with Crippen LogP contribution < -0.4 is 10.6 Å². The topological polar surface area (TPSA) is 74.2 Å². The summed E-state index contributed by atoms with van der Waals surface area (Å²) >= 11 is 0. The second-order valence-electron chi connectivity index (χ2n) is 5.74. The molecule has 0 unspecified atom stereocenters. The molecule has 128 valence electrons. The fourth-order valence-electron chi connectivity index (χ4n) is 2.40. The molecule has 2 aromatic rings. The maximum atomic E-state index is 10.8. The van der Waals surface area contributed by atoms with Gasteiger partial charge in [0.2, 0.25) is 5.91 Å². The van der Waals surface area contributed by atoms with Crippen LogP contribution in [0.25, 0.3) is 0 Å². The van der Waals surface area contributed by atoms with Crippen molar-refractivity contribution in [2.24, 2.45) is 0 Å². The van der Waals surface area contributed by atoms with Gasteiger partial charge in [0.15, 0.2) is 0 Å². The molecule has 1 heterocycles. The first-order valence-electron chi connectivity index (χ1n) is 8.29. The van der Waals surface area contributed by atoms with Crippen LogP contribution in [0.2, 0.25) is 0 Å². The van der Waals surface area contributed by atoms with Gasteiger partial charge in [-0.2, -0.15) is 0 Å². The number of rotatable bonds is 9. The molecule has 1 aromatic carbocycles. The van der Waals surface area contributed by atoms with Crippen LogP contribution in [0.1, 0.15) is 23.7 Å². The normalized spacial score (nSPS) is 10.4. The summed E-state index contributed by atoms with van der Waals surface area (Å²) < 4.78 is 0. The van der Waals surface area contributed by atoms with Crippen LogP contribution in [0.3, 0.4) is 0 Å². The molecule has 2 rings (SSSR count). The second-order valence-corrected chi connectivity index (χ2v) is 5.74. The van der Waals surface area contributed by atoms with Gasteiger partial charge in [0.25, 0.3) is 0 Å². The van der Waals surface area contributed by atoms with Crippen LogP contribution in [0.15, 0.2) is 42.6 Å². The minimum absolute atomic E-state index is 0.0188. The first-order chi connectivity index (χ1) is 11.7. The molecule has 0 saturated heterocycles. The van der Waals surface area contributed by atoms with Crippen LogP contribution in [0.5, 0.6) is 0 Å². The second kappa shape index (κ2) is 9.67. The molecule has 0 atom stereocenters. The zero-order chi connectivity index (χ0) is 17.2. The summed E-state index contributed by atoms with van der Waals surface area (Å²) in [4.78, 5) is 15.2. The average molecular weight is 327 g/mol. The van der Waals surface area contributed by atoms with Crippen molar-refractivity contribution in [1.29, 1.82) is 0 Å². The van der Waals surface area contributed by atoms with Gasteiger partial charge in [-0.3, -0.25) is 9.78 Å². The Morgan fingerprint density at radius 1 is 1.00 bits per heavy atom. The molecule has 0 radical (unpaired) electrons. The van der Waals surface area contributed by atoms with E-state index in [9.17, 15) is 4.79 Å². The van der Waals surface area contributed by atoms with Gasteiger partial charge >= 0.3 is 0 Å². The van der Waals surface area contributed by atoms with Crippen molar-refractivity contribution in [1.82, 2.24) is 10.3 Å². The first-order valence-corrected chi connectivity index (χ1v) is 8.29.